The molecule has 16 heavy (non-hydrogen) atoms. The fourth-order valence-corrected chi connectivity index (χ4v) is 2.02. The molecule has 96 valence electrons. The Kier molecular flexibility index (Phi) is 12.5. The highest BCUT2D eigenvalue weighted by Crippen LogP contribution is 2.14. The van der Waals surface area contributed by atoms with Gasteiger partial charge in [0.25, 0.3) is 0 Å². The molecule has 0 radical (unpaired) electrons. The first-order chi connectivity index (χ1) is 7.85. The third-order valence-corrected chi connectivity index (χ3v) is 3.15. The van der Waals surface area contributed by atoms with E-state index in [1.807, 2.05) is 13.2 Å². The minimum Gasteiger partial charge on any atom is -0.381 e. The zero-order chi connectivity index (χ0) is 12.1. The van der Waals surface area contributed by atoms with Crippen molar-refractivity contribution in [3.05, 3.63) is 12.7 Å². The van der Waals surface area contributed by atoms with Gasteiger partial charge in [-0.25, -0.2) is 0 Å². The molecular formula is C15H30O. The molecule has 0 aliphatic rings. The summed E-state index contributed by atoms with van der Waals surface area (Å²) in [5, 5.41) is 0. The van der Waals surface area contributed by atoms with Crippen molar-refractivity contribution in [2.75, 3.05) is 7.11 Å². The van der Waals surface area contributed by atoms with Crippen LogP contribution in [0.3, 0.4) is 0 Å². The predicted molar refractivity (Wildman–Crippen MR) is 72.8 cm³/mol. The molecule has 1 nitrogen and oxygen atoms in total. The van der Waals surface area contributed by atoms with Gasteiger partial charge in [0.2, 0.25) is 0 Å². The summed E-state index contributed by atoms with van der Waals surface area (Å²) in [6, 6.07) is 0. The SMILES string of the molecule is C=CCCCCCC(CCCCCC)OC. The van der Waals surface area contributed by atoms with Crippen LogP contribution in [0.1, 0.15) is 71.1 Å². The van der Waals surface area contributed by atoms with E-state index in [0.717, 1.165) is 6.42 Å². The molecular weight excluding hydrogens is 196 g/mol. The molecule has 0 spiro atoms. The molecule has 0 aromatic carbocycles. The Morgan fingerprint density at radius 1 is 1.00 bits per heavy atom. The Morgan fingerprint density at radius 2 is 1.62 bits per heavy atom. The number of allylic oxidation sites excluding steroid dienone is 1. The number of rotatable bonds is 12. The first-order valence-electron chi connectivity index (χ1n) is 6.98. The molecule has 1 atom stereocenters. The van der Waals surface area contributed by atoms with E-state index >= 15 is 0 Å². The van der Waals surface area contributed by atoms with Crippen LogP contribution in [0, 0.1) is 0 Å². The van der Waals surface area contributed by atoms with Gasteiger partial charge >= 0.3 is 0 Å². The van der Waals surface area contributed by atoms with E-state index in [0.29, 0.717) is 6.10 Å². The number of hydrogen-bond acceptors (Lipinski definition) is 1. The van der Waals surface area contributed by atoms with Gasteiger partial charge in [-0.2, -0.15) is 0 Å². The fourth-order valence-electron chi connectivity index (χ4n) is 2.02. The third-order valence-electron chi connectivity index (χ3n) is 3.15. The van der Waals surface area contributed by atoms with Gasteiger partial charge in [-0.05, 0) is 25.7 Å². The van der Waals surface area contributed by atoms with Gasteiger partial charge in [0.15, 0.2) is 0 Å². The predicted octanol–water partition coefficient (Wildman–Crippen LogP) is 5.11. The van der Waals surface area contributed by atoms with E-state index in [1.54, 1.807) is 0 Å². The number of methoxy groups -OCH3 is 1. The van der Waals surface area contributed by atoms with E-state index < -0.39 is 0 Å². The van der Waals surface area contributed by atoms with Crippen molar-refractivity contribution in [2.24, 2.45) is 0 Å². The van der Waals surface area contributed by atoms with Crippen molar-refractivity contribution in [3.8, 4) is 0 Å². The second kappa shape index (κ2) is 12.8. The van der Waals surface area contributed by atoms with Gasteiger partial charge in [0, 0.05) is 7.11 Å². The highest BCUT2D eigenvalue weighted by Gasteiger charge is 2.06. The fraction of sp³-hybridized carbons (Fsp3) is 0.867. The van der Waals surface area contributed by atoms with Crippen LogP contribution in [0.2, 0.25) is 0 Å². The molecule has 0 rings (SSSR count). The van der Waals surface area contributed by atoms with Crippen LogP contribution in [0.4, 0.5) is 0 Å². The Balaban J connectivity index is 3.32. The van der Waals surface area contributed by atoms with Gasteiger partial charge in [0.1, 0.15) is 0 Å². The summed E-state index contributed by atoms with van der Waals surface area (Å²) in [7, 11) is 1.86. The molecule has 0 aliphatic heterocycles. The second-order valence-electron chi connectivity index (χ2n) is 4.63. The van der Waals surface area contributed by atoms with Crippen LogP contribution < -0.4 is 0 Å². The van der Waals surface area contributed by atoms with E-state index in [2.05, 4.69) is 13.5 Å². The maximum atomic E-state index is 5.52. The lowest BCUT2D eigenvalue weighted by molar-refractivity contribution is 0.0832. The largest absolute Gasteiger partial charge is 0.381 e. The van der Waals surface area contributed by atoms with Crippen molar-refractivity contribution in [1.82, 2.24) is 0 Å². The summed E-state index contributed by atoms with van der Waals surface area (Å²) in [6.45, 7) is 6.00. The zero-order valence-electron chi connectivity index (χ0n) is 11.3. The highest BCUT2D eigenvalue weighted by atomic mass is 16.5. The molecule has 1 heteroatoms. The average Bonchev–Trinajstić information content (AvgIpc) is 2.31. The summed E-state index contributed by atoms with van der Waals surface area (Å²) in [6.07, 6.45) is 15.5. The monoisotopic (exact) mass is 226 g/mol. The summed E-state index contributed by atoms with van der Waals surface area (Å²) in [5.41, 5.74) is 0. The van der Waals surface area contributed by atoms with E-state index in [-0.39, 0.29) is 0 Å². The molecule has 0 N–H and O–H groups in total. The molecule has 0 aliphatic carbocycles. The lowest BCUT2D eigenvalue weighted by atomic mass is 10.0. The summed E-state index contributed by atoms with van der Waals surface area (Å²) < 4.78 is 5.52. The van der Waals surface area contributed by atoms with Crippen molar-refractivity contribution < 1.29 is 4.74 Å². The van der Waals surface area contributed by atoms with Crippen LogP contribution in [-0.2, 0) is 4.74 Å². The van der Waals surface area contributed by atoms with E-state index in [1.165, 1.54) is 57.8 Å². The van der Waals surface area contributed by atoms with E-state index in [4.69, 9.17) is 4.74 Å². The minimum atomic E-state index is 0.501. The van der Waals surface area contributed by atoms with Gasteiger partial charge in [-0.15, -0.1) is 6.58 Å². The normalized spacial score (nSPS) is 12.6. The molecule has 0 saturated heterocycles. The zero-order valence-corrected chi connectivity index (χ0v) is 11.3. The van der Waals surface area contributed by atoms with Crippen molar-refractivity contribution in [3.63, 3.8) is 0 Å². The van der Waals surface area contributed by atoms with Crippen LogP contribution in [0.25, 0.3) is 0 Å². The Labute approximate surface area is 102 Å². The Bertz CT molecular complexity index is 142. The first kappa shape index (κ1) is 15.7. The van der Waals surface area contributed by atoms with Gasteiger partial charge in [0.05, 0.1) is 6.10 Å². The minimum absolute atomic E-state index is 0.501. The standard InChI is InChI=1S/C15H30O/c1-4-6-8-10-12-14-15(16-3)13-11-9-7-5-2/h4,15H,1,5-14H2,2-3H3. The van der Waals surface area contributed by atoms with Crippen LogP contribution in [0.5, 0.6) is 0 Å². The molecule has 0 aromatic rings. The molecule has 0 saturated carbocycles. The van der Waals surface area contributed by atoms with Gasteiger partial charge in [-0.1, -0.05) is 51.5 Å². The van der Waals surface area contributed by atoms with E-state index in [9.17, 15) is 0 Å². The molecule has 1 unspecified atom stereocenters. The maximum absolute atomic E-state index is 5.52. The summed E-state index contributed by atoms with van der Waals surface area (Å²) >= 11 is 0. The van der Waals surface area contributed by atoms with Gasteiger partial charge in [-0.3, -0.25) is 0 Å². The van der Waals surface area contributed by atoms with Crippen LogP contribution in [0.15, 0.2) is 12.7 Å². The first-order valence-corrected chi connectivity index (χ1v) is 6.98. The van der Waals surface area contributed by atoms with Crippen LogP contribution in [-0.4, -0.2) is 13.2 Å². The smallest absolute Gasteiger partial charge is 0.0571 e. The number of unbranched alkanes of at least 4 members (excludes halogenated alkanes) is 6. The van der Waals surface area contributed by atoms with Gasteiger partial charge < -0.3 is 4.74 Å². The average molecular weight is 226 g/mol. The Hall–Kier alpha value is -0.300. The van der Waals surface area contributed by atoms with Crippen LogP contribution >= 0.6 is 0 Å². The number of hydrogen-bond donors (Lipinski definition) is 0. The molecule has 0 bridgehead atoms. The lowest BCUT2D eigenvalue weighted by Crippen LogP contribution is -2.10. The maximum Gasteiger partial charge on any atom is 0.0571 e. The molecule has 0 aromatic heterocycles. The molecule has 0 amide bonds. The Morgan fingerprint density at radius 3 is 2.12 bits per heavy atom. The highest BCUT2D eigenvalue weighted by molar-refractivity contribution is 4.66. The number of ether oxygens (including phenoxy) is 1. The third kappa shape index (κ3) is 10.2. The molecule has 0 heterocycles. The summed E-state index contributed by atoms with van der Waals surface area (Å²) in [4.78, 5) is 0. The van der Waals surface area contributed by atoms with Crippen molar-refractivity contribution in [1.29, 1.82) is 0 Å². The van der Waals surface area contributed by atoms with Crippen molar-refractivity contribution in [2.45, 2.75) is 77.2 Å². The molecule has 0 fully saturated rings. The second-order valence-corrected chi connectivity index (χ2v) is 4.63. The quantitative estimate of drug-likeness (QED) is 0.332. The summed E-state index contributed by atoms with van der Waals surface area (Å²) in [5.74, 6) is 0. The van der Waals surface area contributed by atoms with Crippen molar-refractivity contribution >= 4 is 0 Å². The lowest BCUT2D eigenvalue weighted by Gasteiger charge is -2.14. The topological polar surface area (TPSA) is 9.23 Å².